The van der Waals surface area contributed by atoms with Gasteiger partial charge in [0, 0.05) is 6.04 Å². The molecule has 0 heterocycles. The summed E-state index contributed by atoms with van der Waals surface area (Å²) in [5.74, 6) is 1.71. The Morgan fingerprint density at radius 3 is 2.31 bits per heavy atom. The smallest absolute Gasteiger partial charge is 0.00683 e. The summed E-state index contributed by atoms with van der Waals surface area (Å²) in [7, 11) is 0. The van der Waals surface area contributed by atoms with Gasteiger partial charge in [-0.3, -0.25) is 0 Å². The molecule has 0 aromatic heterocycles. The number of rotatable bonds is 7. The van der Waals surface area contributed by atoms with Gasteiger partial charge in [-0.2, -0.15) is 0 Å². The number of nitrogens with one attached hydrogen (secondary N) is 1. The molecule has 0 bridgehead atoms. The molecule has 2 unspecified atom stereocenters. The second-order valence-corrected chi connectivity index (χ2v) is 6.88. The molecule has 0 aromatic carbocycles. The predicted molar refractivity (Wildman–Crippen MR) is 72.7 cm³/mol. The van der Waals surface area contributed by atoms with Gasteiger partial charge in [0.2, 0.25) is 0 Å². The first-order valence-corrected chi connectivity index (χ1v) is 7.16. The molecule has 0 amide bonds. The van der Waals surface area contributed by atoms with Gasteiger partial charge in [0.15, 0.2) is 0 Å². The van der Waals surface area contributed by atoms with Crippen molar-refractivity contribution in [3.05, 3.63) is 0 Å². The van der Waals surface area contributed by atoms with Gasteiger partial charge in [0.05, 0.1) is 0 Å². The molecule has 0 spiro atoms. The first kappa shape index (κ1) is 14.0. The van der Waals surface area contributed by atoms with Crippen LogP contribution in [-0.2, 0) is 0 Å². The lowest BCUT2D eigenvalue weighted by Crippen LogP contribution is -2.34. The monoisotopic (exact) mass is 225 g/mol. The Balaban J connectivity index is 2.35. The van der Waals surface area contributed by atoms with Crippen LogP contribution in [-0.4, -0.2) is 12.6 Å². The van der Waals surface area contributed by atoms with Crippen molar-refractivity contribution in [3.8, 4) is 0 Å². The zero-order valence-electron chi connectivity index (χ0n) is 12.0. The normalized spacial score (nSPS) is 20.8. The third kappa shape index (κ3) is 5.34. The molecule has 1 rings (SSSR count). The lowest BCUT2D eigenvalue weighted by molar-refractivity contribution is 0.190. The van der Waals surface area contributed by atoms with Crippen molar-refractivity contribution in [2.75, 3.05) is 6.54 Å². The third-order valence-corrected chi connectivity index (χ3v) is 3.92. The summed E-state index contributed by atoms with van der Waals surface area (Å²) >= 11 is 0. The van der Waals surface area contributed by atoms with Crippen LogP contribution < -0.4 is 5.32 Å². The minimum absolute atomic E-state index is 0.448. The molecule has 1 aliphatic rings. The molecule has 2 atom stereocenters. The number of hydrogen-bond acceptors (Lipinski definition) is 1. The summed E-state index contributed by atoms with van der Waals surface area (Å²) in [5.41, 5.74) is 0.448. The van der Waals surface area contributed by atoms with Gasteiger partial charge in [-0.15, -0.1) is 0 Å². The Labute approximate surface area is 102 Å². The van der Waals surface area contributed by atoms with Gasteiger partial charge in [-0.1, -0.05) is 47.5 Å². The van der Waals surface area contributed by atoms with Crippen LogP contribution in [0, 0.1) is 17.3 Å². The van der Waals surface area contributed by atoms with Crippen LogP contribution in [0.5, 0.6) is 0 Å². The Morgan fingerprint density at radius 2 is 1.88 bits per heavy atom. The SMILES string of the molecule is CCCC(C)CC(CNC1CC1)C(C)(C)C. The average molecular weight is 225 g/mol. The third-order valence-electron chi connectivity index (χ3n) is 3.92. The molecule has 1 aliphatic carbocycles. The molecule has 0 saturated heterocycles. The van der Waals surface area contributed by atoms with Crippen LogP contribution in [0.15, 0.2) is 0 Å². The van der Waals surface area contributed by atoms with Gasteiger partial charge in [-0.25, -0.2) is 0 Å². The van der Waals surface area contributed by atoms with E-state index in [1.54, 1.807) is 0 Å². The van der Waals surface area contributed by atoms with E-state index in [-0.39, 0.29) is 0 Å². The summed E-state index contributed by atoms with van der Waals surface area (Å²) in [5, 5.41) is 3.71. The molecule has 16 heavy (non-hydrogen) atoms. The molecule has 0 radical (unpaired) electrons. The molecule has 0 aliphatic heterocycles. The zero-order chi connectivity index (χ0) is 12.2. The Kier molecular flexibility index (Phi) is 5.30. The molecule has 0 aromatic rings. The highest BCUT2D eigenvalue weighted by molar-refractivity contribution is 4.85. The first-order valence-electron chi connectivity index (χ1n) is 7.16. The van der Waals surface area contributed by atoms with E-state index in [1.165, 1.54) is 38.6 Å². The van der Waals surface area contributed by atoms with Crippen molar-refractivity contribution in [2.24, 2.45) is 17.3 Å². The Morgan fingerprint density at radius 1 is 1.25 bits per heavy atom. The second kappa shape index (κ2) is 6.05. The molecule has 1 N–H and O–H groups in total. The van der Waals surface area contributed by atoms with E-state index < -0.39 is 0 Å². The van der Waals surface area contributed by atoms with E-state index in [0.29, 0.717) is 5.41 Å². The standard InChI is InChI=1S/C15H31N/c1-6-7-12(2)10-13(15(3,4)5)11-16-14-8-9-14/h12-14,16H,6-11H2,1-5H3. The van der Waals surface area contributed by atoms with Gasteiger partial charge < -0.3 is 5.32 Å². The van der Waals surface area contributed by atoms with Crippen molar-refractivity contribution in [1.29, 1.82) is 0 Å². The highest BCUT2D eigenvalue weighted by Gasteiger charge is 2.28. The minimum Gasteiger partial charge on any atom is -0.314 e. The maximum absolute atomic E-state index is 3.71. The van der Waals surface area contributed by atoms with Gasteiger partial charge in [-0.05, 0) is 43.1 Å². The minimum atomic E-state index is 0.448. The van der Waals surface area contributed by atoms with E-state index in [2.05, 4.69) is 39.9 Å². The predicted octanol–water partition coefficient (Wildman–Crippen LogP) is 4.23. The Bertz CT molecular complexity index is 188. The van der Waals surface area contributed by atoms with Gasteiger partial charge in [0.1, 0.15) is 0 Å². The van der Waals surface area contributed by atoms with Crippen molar-refractivity contribution < 1.29 is 0 Å². The van der Waals surface area contributed by atoms with E-state index in [1.807, 2.05) is 0 Å². The molecular weight excluding hydrogens is 194 g/mol. The second-order valence-electron chi connectivity index (χ2n) is 6.88. The van der Waals surface area contributed by atoms with Crippen LogP contribution in [0.1, 0.15) is 66.7 Å². The lowest BCUT2D eigenvalue weighted by atomic mass is 9.75. The van der Waals surface area contributed by atoms with Gasteiger partial charge in [0.25, 0.3) is 0 Å². The van der Waals surface area contributed by atoms with Crippen molar-refractivity contribution in [2.45, 2.75) is 72.8 Å². The molecule has 1 heteroatoms. The molecule has 1 fully saturated rings. The van der Waals surface area contributed by atoms with Crippen LogP contribution >= 0.6 is 0 Å². The van der Waals surface area contributed by atoms with Crippen LogP contribution in [0.25, 0.3) is 0 Å². The molecular formula is C15H31N. The van der Waals surface area contributed by atoms with Gasteiger partial charge >= 0.3 is 0 Å². The number of hydrogen-bond donors (Lipinski definition) is 1. The highest BCUT2D eigenvalue weighted by atomic mass is 14.9. The van der Waals surface area contributed by atoms with Crippen molar-refractivity contribution in [1.82, 2.24) is 5.32 Å². The fourth-order valence-corrected chi connectivity index (χ4v) is 2.44. The fourth-order valence-electron chi connectivity index (χ4n) is 2.44. The summed E-state index contributed by atoms with van der Waals surface area (Å²) in [6, 6.07) is 0.853. The maximum atomic E-state index is 3.71. The summed E-state index contributed by atoms with van der Waals surface area (Å²) in [4.78, 5) is 0. The van der Waals surface area contributed by atoms with E-state index in [9.17, 15) is 0 Å². The summed E-state index contributed by atoms with van der Waals surface area (Å²) < 4.78 is 0. The molecule has 1 nitrogen and oxygen atoms in total. The first-order chi connectivity index (χ1) is 7.43. The maximum Gasteiger partial charge on any atom is 0.00683 e. The van der Waals surface area contributed by atoms with E-state index in [4.69, 9.17) is 0 Å². The zero-order valence-corrected chi connectivity index (χ0v) is 12.0. The van der Waals surface area contributed by atoms with Crippen LogP contribution in [0.3, 0.4) is 0 Å². The van der Waals surface area contributed by atoms with E-state index in [0.717, 1.165) is 17.9 Å². The van der Waals surface area contributed by atoms with E-state index >= 15 is 0 Å². The van der Waals surface area contributed by atoms with Crippen molar-refractivity contribution in [3.63, 3.8) is 0 Å². The Hall–Kier alpha value is -0.0400. The highest BCUT2D eigenvalue weighted by Crippen LogP contribution is 2.33. The molecule has 96 valence electrons. The van der Waals surface area contributed by atoms with Crippen LogP contribution in [0.4, 0.5) is 0 Å². The quantitative estimate of drug-likeness (QED) is 0.684. The van der Waals surface area contributed by atoms with Crippen LogP contribution in [0.2, 0.25) is 0 Å². The largest absolute Gasteiger partial charge is 0.314 e. The van der Waals surface area contributed by atoms with Crippen molar-refractivity contribution >= 4 is 0 Å². The summed E-state index contributed by atoms with van der Waals surface area (Å²) in [6.45, 7) is 13.1. The average Bonchev–Trinajstić information content (AvgIpc) is 2.94. The molecule has 1 saturated carbocycles. The summed E-state index contributed by atoms with van der Waals surface area (Å²) in [6.07, 6.45) is 6.91. The topological polar surface area (TPSA) is 12.0 Å². The lowest BCUT2D eigenvalue weighted by Gasteiger charge is -2.33. The fraction of sp³-hybridized carbons (Fsp3) is 1.00.